The lowest BCUT2D eigenvalue weighted by Crippen LogP contribution is -2.19. The Hall–Kier alpha value is -3.67. The lowest BCUT2D eigenvalue weighted by atomic mass is 10.1. The molecule has 0 aliphatic rings. The van der Waals surface area contributed by atoms with E-state index in [1.807, 2.05) is 0 Å². The summed E-state index contributed by atoms with van der Waals surface area (Å²) >= 11 is 0. The van der Waals surface area contributed by atoms with Crippen molar-refractivity contribution in [1.29, 1.82) is 0 Å². The molecule has 0 radical (unpaired) electrons. The minimum Gasteiger partial charge on any atom is -0.423 e. The summed E-state index contributed by atoms with van der Waals surface area (Å²) in [6, 6.07) is 14.3. The number of carbonyl (C=O) groups is 2. The van der Waals surface area contributed by atoms with E-state index in [2.05, 4.69) is 6.58 Å². The summed E-state index contributed by atoms with van der Waals surface area (Å²) in [5.74, 6) is -1.01. The zero-order valence-corrected chi connectivity index (χ0v) is 14.6. The summed E-state index contributed by atoms with van der Waals surface area (Å²) < 4.78 is 15.7. The highest BCUT2D eigenvalue weighted by molar-refractivity contribution is 5.97. The van der Waals surface area contributed by atoms with Gasteiger partial charge in [0.25, 0.3) is 0 Å². The number of hydrogen-bond acceptors (Lipinski definition) is 6. The smallest absolute Gasteiger partial charge is 0.351 e. The maximum absolute atomic E-state index is 12.4. The van der Waals surface area contributed by atoms with Gasteiger partial charge in [-0.15, -0.1) is 0 Å². The molecule has 0 spiro atoms. The molecule has 0 amide bonds. The zero-order valence-electron chi connectivity index (χ0n) is 14.6. The monoisotopic (exact) mass is 364 g/mol. The van der Waals surface area contributed by atoms with Gasteiger partial charge >= 0.3 is 17.6 Å². The number of esters is 2. The van der Waals surface area contributed by atoms with Gasteiger partial charge in [-0.1, -0.05) is 37.8 Å². The van der Waals surface area contributed by atoms with Gasteiger partial charge in [-0.25, -0.2) is 14.4 Å². The summed E-state index contributed by atoms with van der Waals surface area (Å²) in [6.45, 7) is 5.42. The lowest BCUT2D eigenvalue weighted by molar-refractivity contribution is -0.130. The van der Waals surface area contributed by atoms with Crippen molar-refractivity contribution in [3.63, 3.8) is 0 Å². The molecule has 1 aromatic heterocycles. The van der Waals surface area contributed by atoms with Crippen molar-refractivity contribution in [1.82, 2.24) is 0 Å². The van der Waals surface area contributed by atoms with Crippen molar-refractivity contribution in [2.45, 2.75) is 13.3 Å². The molecule has 0 saturated heterocycles. The predicted molar refractivity (Wildman–Crippen MR) is 99.0 cm³/mol. The van der Waals surface area contributed by atoms with Crippen molar-refractivity contribution in [3.8, 4) is 11.5 Å². The Bertz CT molecular complexity index is 1080. The van der Waals surface area contributed by atoms with Crippen molar-refractivity contribution in [2.24, 2.45) is 0 Å². The Morgan fingerprint density at radius 2 is 1.78 bits per heavy atom. The number of para-hydroxylation sites is 1. The van der Waals surface area contributed by atoms with Crippen LogP contribution in [0.15, 0.2) is 76.0 Å². The second-order valence-corrected chi connectivity index (χ2v) is 5.66. The molecule has 3 aromatic rings. The van der Waals surface area contributed by atoms with Gasteiger partial charge < -0.3 is 13.9 Å². The Balaban J connectivity index is 2.00. The number of carbonyl (C=O) groups excluding carboxylic acids is 2. The fourth-order valence-electron chi connectivity index (χ4n) is 2.31. The van der Waals surface area contributed by atoms with Gasteiger partial charge in [-0.3, -0.25) is 0 Å². The van der Waals surface area contributed by atoms with Gasteiger partial charge in [0.05, 0.1) is 5.39 Å². The Morgan fingerprint density at radius 1 is 1.04 bits per heavy atom. The number of ether oxygens (including phenoxy) is 2. The molecular weight excluding hydrogens is 348 g/mol. The molecule has 0 bridgehead atoms. The van der Waals surface area contributed by atoms with Gasteiger partial charge in [0.15, 0.2) is 0 Å². The van der Waals surface area contributed by atoms with Crippen LogP contribution in [0.5, 0.6) is 11.5 Å². The average molecular weight is 364 g/mol. The molecule has 0 aliphatic heterocycles. The molecule has 1 heterocycles. The van der Waals surface area contributed by atoms with Crippen LogP contribution in [0.4, 0.5) is 0 Å². The molecule has 0 fully saturated rings. The minimum absolute atomic E-state index is 0.157. The third kappa shape index (κ3) is 3.95. The van der Waals surface area contributed by atoms with E-state index in [4.69, 9.17) is 13.9 Å². The van der Waals surface area contributed by atoms with Gasteiger partial charge in [0.1, 0.15) is 22.6 Å². The van der Waals surface area contributed by atoms with E-state index in [1.165, 1.54) is 18.2 Å². The quantitative estimate of drug-likeness (QED) is 0.296. The maximum Gasteiger partial charge on any atom is 0.351 e. The van der Waals surface area contributed by atoms with Crippen LogP contribution in [-0.4, -0.2) is 11.9 Å². The van der Waals surface area contributed by atoms with Crippen LogP contribution in [0.1, 0.15) is 23.7 Å². The summed E-state index contributed by atoms with van der Waals surface area (Å²) in [5, 5.41) is 0.300. The zero-order chi connectivity index (χ0) is 19.4. The molecule has 0 atom stereocenters. The molecule has 27 heavy (non-hydrogen) atoms. The van der Waals surface area contributed by atoms with Crippen molar-refractivity contribution in [2.75, 3.05) is 0 Å². The van der Waals surface area contributed by atoms with Crippen LogP contribution in [0, 0.1) is 0 Å². The minimum atomic E-state index is -0.865. The summed E-state index contributed by atoms with van der Waals surface area (Å²) in [4.78, 5) is 36.5. The van der Waals surface area contributed by atoms with Gasteiger partial charge in [0.2, 0.25) is 0 Å². The van der Waals surface area contributed by atoms with E-state index >= 15 is 0 Å². The summed E-state index contributed by atoms with van der Waals surface area (Å²) in [5.41, 5.74) is -0.661. The first-order valence-corrected chi connectivity index (χ1v) is 8.23. The third-order valence-corrected chi connectivity index (χ3v) is 3.83. The molecule has 2 aromatic carbocycles. The molecule has 0 N–H and O–H groups in total. The van der Waals surface area contributed by atoms with Crippen LogP contribution < -0.4 is 15.1 Å². The number of rotatable bonds is 5. The second kappa shape index (κ2) is 7.70. The fourth-order valence-corrected chi connectivity index (χ4v) is 2.31. The Morgan fingerprint density at radius 3 is 2.48 bits per heavy atom. The number of fused-ring (bicyclic) bond motifs is 1. The van der Waals surface area contributed by atoms with Crippen LogP contribution in [-0.2, 0) is 4.79 Å². The van der Waals surface area contributed by atoms with E-state index in [9.17, 15) is 14.4 Å². The average Bonchev–Trinajstić information content (AvgIpc) is 2.67. The predicted octanol–water partition coefficient (Wildman–Crippen LogP) is 3.88. The van der Waals surface area contributed by atoms with E-state index in [-0.39, 0.29) is 16.9 Å². The second-order valence-electron chi connectivity index (χ2n) is 5.66. The van der Waals surface area contributed by atoms with E-state index < -0.39 is 17.6 Å². The van der Waals surface area contributed by atoms with Crippen LogP contribution in [0.25, 0.3) is 11.0 Å². The molecule has 0 aliphatic carbocycles. The fraction of sp³-hybridized carbons (Fsp3) is 0.0952. The number of benzene rings is 2. The summed E-state index contributed by atoms with van der Waals surface area (Å²) in [6.07, 6.45) is 0.438. The largest absolute Gasteiger partial charge is 0.423 e. The Kier molecular flexibility index (Phi) is 5.17. The normalized spacial score (nSPS) is 10.4. The van der Waals surface area contributed by atoms with Crippen LogP contribution >= 0.6 is 0 Å². The standard InChI is InChI=1S/C21H16O6/c1-3-13(2)19(22)26-17-10-7-11-18-15(17)12-16(21(24)27-18)20(23)25-14-8-5-4-6-9-14/h4-12H,2-3H2,1H3. The molecule has 6 nitrogen and oxygen atoms in total. The molecule has 136 valence electrons. The van der Waals surface area contributed by atoms with Crippen molar-refractivity contribution < 1.29 is 23.5 Å². The van der Waals surface area contributed by atoms with Gasteiger partial charge in [0, 0.05) is 5.57 Å². The first-order chi connectivity index (χ1) is 13.0. The van der Waals surface area contributed by atoms with Gasteiger partial charge in [-0.05, 0) is 36.8 Å². The van der Waals surface area contributed by atoms with Crippen LogP contribution in [0.3, 0.4) is 0 Å². The van der Waals surface area contributed by atoms with E-state index in [0.717, 1.165) is 0 Å². The lowest BCUT2D eigenvalue weighted by Gasteiger charge is -2.09. The van der Waals surface area contributed by atoms with Crippen molar-refractivity contribution in [3.05, 3.63) is 82.7 Å². The van der Waals surface area contributed by atoms with Gasteiger partial charge in [-0.2, -0.15) is 0 Å². The van der Waals surface area contributed by atoms with Crippen LogP contribution in [0.2, 0.25) is 0 Å². The topological polar surface area (TPSA) is 82.8 Å². The van der Waals surface area contributed by atoms with E-state index in [0.29, 0.717) is 23.1 Å². The molecule has 0 unspecified atom stereocenters. The first kappa shape index (κ1) is 18.1. The Labute approximate surface area is 154 Å². The third-order valence-electron chi connectivity index (χ3n) is 3.83. The number of hydrogen-bond donors (Lipinski definition) is 0. The molecule has 6 heteroatoms. The molecule has 3 rings (SSSR count). The first-order valence-electron chi connectivity index (χ1n) is 8.23. The molecule has 0 saturated carbocycles. The molecular formula is C21H16O6. The highest BCUT2D eigenvalue weighted by Crippen LogP contribution is 2.26. The SMILES string of the molecule is C=C(CC)C(=O)Oc1cccc2oc(=O)c(C(=O)Oc3ccccc3)cc12. The summed E-state index contributed by atoms with van der Waals surface area (Å²) in [7, 11) is 0. The highest BCUT2D eigenvalue weighted by atomic mass is 16.5. The maximum atomic E-state index is 12.4. The van der Waals surface area contributed by atoms with E-state index in [1.54, 1.807) is 43.3 Å². The highest BCUT2D eigenvalue weighted by Gasteiger charge is 2.19. The van der Waals surface area contributed by atoms with Crippen molar-refractivity contribution >= 4 is 22.9 Å².